The minimum atomic E-state index is -0.0171. The fraction of sp³-hybridized carbons (Fsp3) is 0.867. The van der Waals surface area contributed by atoms with Gasteiger partial charge in [0.05, 0.1) is 6.04 Å². The lowest BCUT2D eigenvalue weighted by Gasteiger charge is -2.33. The molecule has 1 N–H and O–H groups in total. The molecule has 3 unspecified atom stereocenters. The minimum absolute atomic E-state index is 0.0171. The van der Waals surface area contributed by atoms with E-state index >= 15 is 0 Å². The Kier molecular flexibility index (Phi) is 4.87. The van der Waals surface area contributed by atoms with Crippen LogP contribution in [0.5, 0.6) is 0 Å². The van der Waals surface area contributed by atoms with Gasteiger partial charge in [0.1, 0.15) is 6.10 Å². The van der Waals surface area contributed by atoms with Gasteiger partial charge in [-0.3, -0.25) is 4.90 Å². The van der Waals surface area contributed by atoms with Crippen LogP contribution in [0.1, 0.15) is 57.0 Å². The van der Waals surface area contributed by atoms with E-state index < -0.39 is 0 Å². The Bertz CT molecular complexity index is 445. The third-order valence-electron chi connectivity index (χ3n) is 4.54. The van der Waals surface area contributed by atoms with E-state index in [0.29, 0.717) is 11.8 Å². The van der Waals surface area contributed by atoms with Crippen LogP contribution in [0.25, 0.3) is 0 Å². The number of hydrogen-bond donors (Lipinski definition) is 1. The van der Waals surface area contributed by atoms with Gasteiger partial charge >= 0.3 is 0 Å². The maximum absolute atomic E-state index is 5.73. The number of ether oxygens (including phenoxy) is 1. The van der Waals surface area contributed by atoms with E-state index in [1.54, 1.807) is 0 Å². The summed E-state index contributed by atoms with van der Waals surface area (Å²) in [5.41, 5.74) is 0. The van der Waals surface area contributed by atoms with Crippen molar-refractivity contribution in [2.75, 3.05) is 32.8 Å². The lowest BCUT2D eigenvalue weighted by Crippen LogP contribution is -2.45. The van der Waals surface area contributed by atoms with E-state index in [9.17, 15) is 0 Å². The van der Waals surface area contributed by atoms with Crippen molar-refractivity contribution in [2.45, 2.75) is 45.3 Å². The Balaban J connectivity index is 1.74. The summed E-state index contributed by atoms with van der Waals surface area (Å²) in [6.45, 7) is 9.34. The summed E-state index contributed by atoms with van der Waals surface area (Å²) in [6, 6.07) is 0.270. The van der Waals surface area contributed by atoms with Crippen LogP contribution in [0.3, 0.4) is 0 Å². The van der Waals surface area contributed by atoms with Gasteiger partial charge in [0.2, 0.25) is 0 Å². The molecule has 0 radical (unpaired) electrons. The summed E-state index contributed by atoms with van der Waals surface area (Å²) < 4.78 is 11.2. The summed E-state index contributed by atoms with van der Waals surface area (Å²) >= 11 is 0. The molecule has 0 aromatic carbocycles. The molecule has 0 spiro atoms. The average molecular weight is 294 g/mol. The summed E-state index contributed by atoms with van der Waals surface area (Å²) in [5.74, 6) is 1.95. The van der Waals surface area contributed by atoms with Gasteiger partial charge < -0.3 is 14.6 Å². The number of nitrogens with one attached hydrogen (secondary N) is 1. The normalized spacial score (nSPS) is 28.9. The maximum Gasteiger partial charge on any atom is 0.256 e. The highest BCUT2D eigenvalue weighted by Crippen LogP contribution is 2.34. The van der Waals surface area contributed by atoms with Gasteiger partial charge in [-0.25, -0.2) is 0 Å². The molecule has 118 valence electrons. The van der Waals surface area contributed by atoms with Crippen molar-refractivity contribution < 1.29 is 9.26 Å². The first kappa shape index (κ1) is 14.9. The molecule has 6 nitrogen and oxygen atoms in total. The fourth-order valence-corrected chi connectivity index (χ4v) is 3.25. The number of hydrogen-bond acceptors (Lipinski definition) is 6. The molecule has 2 aliphatic heterocycles. The zero-order valence-corrected chi connectivity index (χ0v) is 13.0. The van der Waals surface area contributed by atoms with Crippen LogP contribution in [0.2, 0.25) is 0 Å². The van der Waals surface area contributed by atoms with Crippen molar-refractivity contribution in [1.29, 1.82) is 0 Å². The second-order valence-corrected chi connectivity index (χ2v) is 6.14. The molecule has 2 aliphatic rings. The van der Waals surface area contributed by atoms with Crippen LogP contribution in [-0.2, 0) is 4.74 Å². The van der Waals surface area contributed by atoms with Crippen molar-refractivity contribution in [3.63, 3.8) is 0 Å². The number of aromatic nitrogens is 2. The second-order valence-electron chi connectivity index (χ2n) is 6.14. The van der Waals surface area contributed by atoms with E-state index in [1.807, 2.05) is 0 Å². The number of piperazine rings is 1. The molecule has 3 rings (SSSR count). The van der Waals surface area contributed by atoms with Crippen LogP contribution < -0.4 is 5.32 Å². The smallest absolute Gasteiger partial charge is 0.256 e. The Morgan fingerprint density at radius 3 is 2.86 bits per heavy atom. The van der Waals surface area contributed by atoms with Gasteiger partial charge in [-0.2, -0.15) is 4.98 Å². The van der Waals surface area contributed by atoms with Crippen molar-refractivity contribution in [3.8, 4) is 0 Å². The van der Waals surface area contributed by atoms with Crippen LogP contribution >= 0.6 is 0 Å². The zero-order chi connectivity index (χ0) is 14.7. The number of nitrogens with zero attached hydrogens (tertiary/aromatic N) is 3. The minimum Gasteiger partial charge on any atom is -0.368 e. The molecule has 1 aromatic rings. The third-order valence-corrected chi connectivity index (χ3v) is 4.54. The molecule has 21 heavy (non-hydrogen) atoms. The first-order valence-corrected chi connectivity index (χ1v) is 8.19. The van der Waals surface area contributed by atoms with E-state index in [4.69, 9.17) is 9.26 Å². The molecule has 2 fully saturated rings. The molecule has 0 bridgehead atoms. The van der Waals surface area contributed by atoms with Crippen molar-refractivity contribution >= 4 is 0 Å². The van der Waals surface area contributed by atoms with Crippen LogP contribution in [0, 0.1) is 5.92 Å². The lowest BCUT2D eigenvalue weighted by atomic mass is 10.0. The van der Waals surface area contributed by atoms with E-state index in [2.05, 4.69) is 34.2 Å². The topological polar surface area (TPSA) is 63.4 Å². The third kappa shape index (κ3) is 3.27. The monoisotopic (exact) mass is 294 g/mol. The first-order valence-electron chi connectivity index (χ1n) is 8.19. The lowest BCUT2D eigenvalue weighted by molar-refractivity contribution is 0.0661. The average Bonchev–Trinajstić information content (AvgIpc) is 3.14. The highest BCUT2D eigenvalue weighted by Gasteiger charge is 2.33. The van der Waals surface area contributed by atoms with Gasteiger partial charge in [-0.05, 0) is 18.8 Å². The standard InChI is InChI=1S/C15H26N4O2/c1-3-4-12(19-8-6-16-7-9-19)14-17-15(21-18-14)13-11(2)5-10-20-13/h11-13,16H,3-10H2,1-2H3. The van der Waals surface area contributed by atoms with Gasteiger partial charge in [-0.15, -0.1) is 0 Å². The quantitative estimate of drug-likeness (QED) is 0.895. The van der Waals surface area contributed by atoms with E-state index in [0.717, 1.165) is 57.9 Å². The molecule has 6 heteroatoms. The Morgan fingerprint density at radius 1 is 1.38 bits per heavy atom. The van der Waals surface area contributed by atoms with E-state index in [-0.39, 0.29) is 12.1 Å². The van der Waals surface area contributed by atoms with Crippen molar-refractivity contribution in [2.24, 2.45) is 5.92 Å². The Morgan fingerprint density at radius 2 is 2.19 bits per heavy atom. The molecular formula is C15H26N4O2. The maximum atomic E-state index is 5.73. The highest BCUT2D eigenvalue weighted by molar-refractivity contribution is 4.99. The fourth-order valence-electron chi connectivity index (χ4n) is 3.25. The van der Waals surface area contributed by atoms with Gasteiger partial charge in [0, 0.05) is 32.8 Å². The van der Waals surface area contributed by atoms with Crippen molar-refractivity contribution in [3.05, 3.63) is 11.7 Å². The second kappa shape index (κ2) is 6.85. The van der Waals surface area contributed by atoms with Crippen LogP contribution in [0.15, 0.2) is 4.52 Å². The summed E-state index contributed by atoms with van der Waals surface area (Å²) in [5, 5.41) is 7.65. The van der Waals surface area contributed by atoms with Gasteiger partial charge in [0.25, 0.3) is 5.89 Å². The molecule has 0 saturated carbocycles. The highest BCUT2D eigenvalue weighted by atomic mass is 16.5. The molecular weight excluding hydrogens is 268 g/mol. The van der Waals surface area contributed by atoms with Crippen LogP contribution in [-0.4, -0.2) is 47.8 Å². The predicted molar refractivity (Wildman–Crippen MR) is 78.9 cm³/mol. The summed E-state index contributed by atoms with van der Waals surface area (Å²) in [6.07, 6.45) is 3.24. The van der Waals surface area contributed by atoms with Gasteiger partial charge in [0.15, 0.2) is 5.82 Å². The Hall–Kier alpha value is -0.980. The number of rotatable bonds is 5. The molecule has 3 atom stereocenters. The molecule has 0 amide bonds. The van der Waals surface area contributed by atoms with E-state index in [1.165, 1.54) is 0 Å². The first-order chi connectivity index (χ1) is 10.3. The molecule has 1 aromatic heterocycles. The summed E-state index contributed by atoms with van der Waals surface area (Å²) in [7, 11) is 0. The SMILES string of the molecule is CCCC(c1noc(C2OCCC2C)n1)N1CCNCC1. The largest absolute Gasteiger partial charge is 0.368 e. The van der Waals surface area contributed by atoms with Crippen molar-refractivity contribution in [1.82, 2.24) is 20.4 Å². The van der Waals surface area contributed by atoms with Gasteiger partial charge in [-0.1, -0.05) is 25.4 Å². The molecule has 3 heterocycles. The molecule has 0 aliphatic carbocycles. The van der Waals surface area contributed by atoms with Crippen LogP contribution in [0.4, 0.5) is 0 Å². The Labute approximate surface area is 126 Å². The predicted octanol–water partition coefficient (Wildman–Crippen LogP) is 1.91. The molecule has 2 saturated heterocycles. The zero-order valence-electron chi connectivity index (χ0n) is 13.0. The summed E-state index contributed by atoms with van der Waals surface area (Å²) in [4.78, 5) is 7.14.